The van der Waals surface area contributed by atoms with E-state index in [1.54, 1.807) is 6.08 Å². The van der Waals surface area contributed by atoms with E-state index in [0.717, 1.165) is 38.5 Å². The smallest absolute Gasteiger partial charge is 0.462 e. The summed E-state index contributed by atoms with van der Waals surface area (Å²) < 4.78 is 47.4. The quantitative estimate of drug-likeness (QED) is 0.0150. The molecule has 0 spiro atoms. The Kier molecular flexibility index (Phi) is 34.0. The maximum Gasteiger partial charge on any atom is 0.472 e. The van der Waals surface area contributed by atoms with Gasteiger partial charge in [-0.05, 0) is 57.3 Å². The summed E-state index contributed by atoms with van der Waals surface area (Å²) >= 11 is 0. The topological polar surface area (TPSA) is 236 Å². The van der Waals surface area contributed by atoms with E-state index in [9.17, 15) is 38.9 Å². The van der Waals surface area contributed by atoms with Crippen molar-refractivity contribution in [3.05, 3.63) is 36.5 Å². The Morgan fingerprint density at radius 3 is 1.79 bits per heavy atom. The van der Waals surface area contributed by atoms with Gasteiger partial charge in [-0.2, -0.15) is 0 Å². The van der Waals surface area contributed by atoms with Gasteiger partial charge in [0.2, 0.25) is 0 Å². The van der Waals surface area contributed by atoms with Gasteiger partial charge in [-0.1, -0.05) is 121 Å². The molecule has 0 bridgehead atoms. The molecule has 57 heavy (non-hydrogen) atoms. The van der Waals surface area contributed by atoms with Crippen LogP contribution in [0.15, 0.2) is 36.5 Å². The molecule has 15 nitrogen and oxygen atoms in total. The predicted octanol–water partition coefficient (Wildman–Crippen LogP) is 7.91. The van der Waals surface area contributed by atoms with Crippen molar-refractivity contribution in [2.24, 2.45) is 5.92 Å². The number of phosphoric ester groups is 2. The Hall–Kier alpha value is -1.74. The number of aliphatic hydroxyl groups excluding tert-OH is 3. The summed E-state index contributed by atoms with van der Waals surface area (Å²) in [5, 5.41) is 30.4. The minimum Gasteiger partial charge on any atom is -0.462 e. The highest BCUT2D eigenvalue weighted by Gasteiger charge is 2.28. The number of hydrogen-bond acceptors (Lipinski definition) is 12. The van der Waals surface area contributed by atoms with Crippen molar-refractivity contribution in [1.29, 1.82) is 0 Å². The number of hydrogen-bond donors (Lipinski definition) is 6. The maximum atomic E-state index is 12.6. The highest BCUT2D eigenvalue weighted by molar-refractivity contribution is 7.47. The van der Waals surface area contributed by atoms with Crippen LogP contribution >= 0.6 is 15.6 Å². The number of esters is 2. The lowest BCUT2D eigenvalue weighted by atomic mass is 10.0. The summed E-state index contributed by atoms with van der Waals surface area (Å²) in [4.78, 5) is 52.6. The van der Waals surface area contributed by atoms with Crippen molar-refractivity contribution in [3.8, 4) is 0 Å². The van der Waals surface area contributed by atoms with Gasteiger partial charge in [-0.3, -0.25) is 23.2 Å². The van der Waals surface area contributed by atoms with Crippen molar-refractivity contribution in [2.45, 2.75) is 174 Å². The fraction of sp³-hybridized carbons (Fsp3) is 0.800. The van der Waals surface area contributed by atoms with Crippen LogP contribution in [-0.2, 0) is 41.8 Å². The van der Waals surface area contributed by atoms with E-state index in [4.69, 9.17) is 23.8 Å². The number of ether oxygens (including phenoxy) is 2. The molecule has 5 atom stereocenters. The van der Waals surface area contributed by atoms with Gasteiger partial charge in [0.05, 0.1) is 32.0 Å². The third kappa shape index (κ3) is 38.2. The molecule has 3 unspecified atom stereocenters. The first-order chi connectivity index (χ1) is 27.0. The first kappa shape index (κ1) is 55.3. The number of aliphatic hydroxyl groups is 3. The Balaban J connectivity index is 4.77. The monoisotopic (exact) mass is 856 g/mol. The molecule has 0 aromatic carbocycles. The Bertz CT molecular complexity index is 1200. The highest BCUT2D eigenvalue weighted by atomic mass is 31.2. The number of rotatable bonds is 38. The molecule has 0 heterocycles. The molecule has 0 saturated heterocycles. The number of carbonyl (C=O) groups is 2. The van der Waals surface area contributed by atoms with Crippen LogP contribution in [-0.4, -0.2) is 92.8 Å². The van der Waals surface area contributed by atoms with Gasteiger partial charge in [0.1, 0.15) is 12.7 Å². The van der Waals surface area contributed by atoms with E-state index in [-0.39, 0.29) is 32.1 Å². The molecular formula is C40H74O15P2. The van der Waals surface area contributed by atoms with Gasteiger partial charge < -0.3 is 39.5 Å². The van der Waals surface area contributed by atoms with Crippen LogP contribution in [0.3, 0.4) is 0 Å². The van der Waals surface area contributed by atoms with Crippen LogP contribution in [0.25, 0.3) is 0 Å². The van der Waals surface area contributed by atoms with Crippen LogP contribution < -0.4 is 0 Å². The lowest BCUT2D eigenvalue weighted by Gasteiger charge is -2.20. The van der Waals surface area contributed by atoms with Crippen molar-refractivity contribution in [1.82, 2.24) is 0 Å². The van der Waals surface area contributed by atoms with E-state index < -0.39 is 78.4 Å². The Morgan fingerprint density at radius 2 is 1.16 bits per heavy atom. The second kappa shape index (κ2) is 35.1. The molecule has 0 radical (unpaired) electrons. The van der Waals surface area contributed by atoms with Crippen LogP contribution in [0.1, 0.15) is 149 Å². The third-order valence-corrected chi connectivity index (χ3v) is 10.1. The van der Waals surface area contributed by atoms with E-state index in [1.807, 2.05) is 12.2 Å². The fourth-order valence-electron chi connectivity index (χ4n) is 5.34. The van der Waals surface area contributed by atoms with Crippen molar-refractivity contribution < 1.29 is 71.8 Å². The first-order valence-electron chi connectivity index (χ1n) is 20.7. The molecule has 0 amide bonds. The van der Waals surface area contributed by atoms with E-state index in [2.05, 4.69) is 48.0 Å². The molecule has 6 N–H and O–H groups in total. The number of carbonyl (C=O) groups excluding carboxylic acids is 2. The van der Waals surface area contributed by atoms with Gasteiger partial charge in [-0.25, -0.2) is 9.13 Å². The summed E-state index contributed by atoms with van der Waals surface area (Å²) in [6.45, 7) is 3.63. The fourth-order valence-corrected chi connectivity index (χ4v) is 6.50. The van der Waals surface area contributed by atoms with Crippen LogP contribution in [0, 0.1) is 5.92 Å². The van der Waals surface area contributed by atoms with Gasteiger partial charge in [0.15, 0.2) is 6.10 Å². The first-order valence-corrected chi connectivity index (χ1v) is 23.7. The summed E-state index contributed by atoms with van der Waals surface area (Å²) in [5.41, 5.74) is 0. The van der Waals surface area contributed by atoms with Crippen molar-refractivity contribution >= 4 is 27.6 Å². The van der Waals surface area contributed by atoms with Gasteiger partial charge in [0, 0.05) is 12.8 Å². The summed E-state index contributed by atoms with van der Waals surface area (Å²) in [6, 6.07) is 0. The molecule has 0 fully saturated rings. The molecule has 0 aliphatic rings. The van der Waals surface area contributed by atoms with E-state index >= 15 is 0 Å². The van der Waals surface area contributed by atoms with Crippen molar-refractivity contribution in [2.75, 3.05) is 26.4 Å². The van der Waals surface area contributed by atoms with Gasteiger partial charge in [0.25, 0.3) is 0 Å². The average Bonchev–Trinajstić information content (AvgIpc) is 3.14. The molecule has 0 saturated carbocycles. The minimum atomic E-state index is -4.89. The number of allylic oxidation sites excluding steroid dienone is 5. The molecule has 17 heteroatoms. The predicted molar refractivity (Wildman–Crippen MR) is 219 cm³/mol. The molecule has 0 aromatic heterocycles. The summed E-state index contributed by atoms with van der Waals surface area (Å²) in [5.74, 6) is -0.602. The van der Waals surface area contributed by atoms with E-state index in [1.165, 1.54) is 44.9 Å². The normalized spacial score (nSPS) is 15.7. The lowest BCUT2D eigenvalue weighted by Crippen LogP contribution is -2.30. The molecule has 334 valence electrons. The second-order valence-electron chi connectivity index (χ2n) is 14.7. The van der Waals surface area contributed by atoms with Gasteiger partial charge >= 0.3 is 27.6 Å². The minimum absolute atomic E-state index is 0.0703. The molecular weight excluding hydrogens is 782 g/mol. The second-order valence-corrected chi connectivity index (χ2v) is 17.4. The zero-order chi connectivity index (χ0) is 42.8. The molecule has 0 aliphatic carbocycles. The summed E-state index contributed by atoms with van der Waals surface area (Å²) in [6.07, 6.45) is 23.4. The number of phosphoric acid groups is 2. The highest BCUT2D eigenvalue weighted by Crippen LogP contribution is 2.43. The standard InChI is InChI=1S/C40H74O15P2/c1-4-5-6-7-8-9-10-11-12-16-19-22-26-37(42)38(43)27-24-29-39(44)51-32-36(33-54-57(49,50)53-31-35(41)30-52-56(46,47)48)55-40(45)28-23-20-17-14-13-15-18-21-25-34(2)3/h8-9,11-12,19,22,34-38,41-43H,4-7,10,13-18,20-21,23-33H2,1-3H3,(H,49,50)(H2,46,47,48)/b9-8-,12-11-,22-19-/t35-,36+,37?,38?/m0/s1. The van der Waals surface area contributed by atoms with Crippen LogP contribution in [0.5, 0.6) is 0 Å². The largest absolute Gasteiger partial charge is 0.472 e. The van der Waals surface area contributed by atoms with E-state index in [0.29, 0.717) is 18.8 Å². The Morgan fingerprint density at radius 1 is 0.596 bits per heavy atom. The maximum absolute atomic E-state index is 12.6. The Labute approximate surface area is 341 Å². The SMILES string of the molecule is CCCCC/C=C\C/C=C\C/C=C\CC(O)C(O)CCCC(=O)OC[C@H](COP(=O)(O)OC[C@@H](O)COP(=O)(O)O)OC(=O)CCCCCCCCCCC(C)C. The molecule has 0 aliphatic heterocycles. The lowest BCUT2D eigenvalue weighted by molar-refractivity contribution is -0.161. The summed E-state index contributed by atoms with van der Waals surface area (Å²) in [7, 11) is -9.76. The van der Waals surface area contributed by atoms with Crippen molar-refractivity contribution in [3.63, 3.8) is 0 Å². The number of unbranched alkanes of at least 4 members (excludes halogenated alkanes) is 10. The van der Waals surface area contributed by atoms with Crippen LogP contribution in [0.2, 0.25) is 0 Å². The zero-order valence-electron chi connectivity index (χ0n) is 34.6. The van der Waals surface area contributed by atoms with Crippen LogP contribution in [0.4, 0.5) is 0 Å². The average molecular weight is 857 g/mol. The molecule has 0 aromatic rings. The zero-order valence-corrected chi connectivity index (χ0v) is 36.4. The molecule has 0 rings (SSSR count). The third-order valence-electron chi connectivity index (χ3n) is 8.65. The van der Waals surface area contributed by atoms with Gasteiger partial charge in [-0.15, -0.1) is 0 Å².